The maximum atomic E-state index is 12.3. The van der Waals surface area contributed by atoms with Gasteiger partial charge in [-0.3, -0.25) is 0 Å². The molecule has 1 aromatic rings. The quantitative estimate of drug-likeness (QED) is 0.702. The Morgan fingerprint density at radius 1 is 1.24 bits per heavy atom. The molecule has 0 aliphatic carbocycles. The van der Waals surface area contributed by atoms with E-state index in [1.807, 2.05) is 4.90 Å². The lowest BCUT2D eigenvalue weighted by molar-refractivity contribution is 0.301. The SMILES string of the molecule is CCCCN(CCO)c1cccc(S(=O)(=O)N(C)C)c1N. The molecule has 3 N–H and O–H groups in total. The zero-order valence-electron chi connectivity index (χ0n) is 12.9. The molecule has 0 aliphatic rings. The third kappa shape index (κ3) is 4.09. The van der Waals surface area contributed by atoms with Crippen LogP contribution in [-0.2, 0) is 10.0 Å². The molecule has 0 fully saturated rings. The van der Waals surface area contributed by atoms with E-state index in [0.29, 0.717) is 12.2 Å². The van der Waals surface area contributed by atoms with Crippen molar-refractivity contribution >= 4 is 21.4 Å². The van der Waals surface area contributed by atoms with Crippen molar-refractivity contribution in [3.05, 3.63) is 18.2 Å². The fourth-order valence-corrected chi connectivity index (χ4v) is 3.08. The molecule has 0 radical (unpaired) electrons. The maximum Gasteiger partial charge on any atom is 0.244 e. The first-order chi connectivity index (χ1) is 9.86. The molecule has 0 saturated carbocycles. The Balaban J connectivity index is 3.25. The first-order valence-electron chi connectivity index (χ1n) is 7.03. The minimum absolute atomic E-state index is 0.00614. The van der Waals surface area contributed by atoms with Crippen LogP contribution in [0.15, 0.2) is 23.1 Å². The number of rotatable bonds is 8. The number of nitrogens with zero attached hydrogens (tertiary/aromatic N) is 2. The van der Waals surface area contributed by atoms with Crippen molar-refractivity contribution < 1.29 is 13.5 Å². The highest BCUT2D eigenvalue weighted by molar-refractivity contribution is 7.89. The van der Waals surface area contributed by atoms with Crippen molar-refractivity contribution in [2.45, 2.75) is 24.7 Å². The normalized spacial score (nSPS) is 11.9. The molecular weight excluding hydrogens is 290 g/mol. The molecule has 1 aromatic carbocycles. The van der Waals surface area contributed by atoms with E-state index in [1.54, 1.807) is 12.1 Å². The fourth-order valence-electron chi connectivity index (χ4n) is 2.05. The van der Waals surface area contributed by atoms with Gasteiger partial charge in [-0.2, -0.15) is 0 Å². The fraction of sp³-hybridized carbons (Fsp3) is 0.571. The summed E-state index contributed by atoms with van der Waals surface area (Å²) in [5, 5.41) is 9.20. The van der Waals surface area contributed by atoms with Crippen molar-refractivity contribution in [3.63, 3.8) is 0 Å². The largest absolute Gasteiger partial charge is 0.396 e. The first-order valence-corrected chi connectivity index (χ1v) is 8.47. The van der Waals surface area contributed by atoms with E-state index in [2.05, 4.69) is 6.92 Å². The van der Waals surface area contributed by atoms with Crippen LogP contribution in [0.2, 0.25) is 0 Å². The standard InChI is InChI=1S/C14H25N3O3S/c1-4-5-9-17(10-11-18)12-7-6-8-13(14(12)15)21(19,20)16(2)3/h6-8,18H,4-5,9-11,15H2,1-3H3. The van der Waals surface area contributed by atoms with E-state index < -0.39 is 10.0 Å². The van der Waals surface area contributed by atoms with Gasteiger partial charge in [0.25, 0.3) is 0 Å². The second-order valence-electron chi connectivity index (χ2n) is 5.04. The number of aliphatic hydroxyl groups excluding tert-OH is 1. The number of nitrogens with two attached hydrogens (primary N) is 1. The van der Waals surface area contributed by atoms with Gasteiger partial charge < -0.3 is 15.7 Å². The van der Waals surface area contributed by atoms with Crippen LogP contribution in [0, 0.1) is 0 Å². The zero-order valence-corrected chi connectivity index (χ0v) is 13.7. The molecule has 7 heteroatoms. The highest BCUT2D eigenvalue weighted by Crippen LogP contribution is 2.31. The van der Waals surface area contributed by atoms with Gasteiger partial charge in [0.15, 0.2) is 0 Å². The van der Waals surface area contributed by atoms with Crippen molar-refractivity contribution in [3.8, 4) is 0 Å². The molecule has 0 saturated heterocycles. The highest BCUT2D eigenvalue weighted by Gasteiger charge is 2.23. The van der Waals surface area contributed by atoms with Crippen LogP contribution in [0.3, 0.4) is 0 Å². The molecule has 0 aliphatic heterocycles. The monoisotopic (exact) mass is 315 g/mol. The number of para-hydroxylation sites is 1. The van der Waals surface area contributed by atoms with Crippen LogP contribution >= 0.6 is 0 Å². The summed E-state index contributed by atoms with van der Waals surface area (Å²) in [6, 6.07) is 4.97. The predicted octanol–water partition coefficient (Wildman–Crippen LogP) is 1.12. The third-order valence-electron chi connectivity index (χ3n) is 3.29. The average Bonchev–Trinajstić information content (AvgIpc) is 2.43. The summed E-state index contributed by atoms with van der Waals surface area (Å²) in [7, 11) is -0.627. The smallest absolute Gasteiger partial charge is 0.244 e. The van der Waals surface area contributed by atoms with Crippen molar-refractivity contribution in [2.75, 3.05) is 44.4 Å². The molecule has 120 valence electrons. The second-order valence-corrected chi connectivity index (χ2v) is 7.16. The van der Waals surface area contributed by atoms with Gasteiger partial charge >= 0.3 is 0 Å². The van der Waals surface area contributed by atoms with Crippen molar-refractivity contribution in [1.29, 1.82) is 0 Å². The van der Waals surface area contributed by atoms with Gasteiger partial charge in [0.1, 0.15) is 4.90 Å². The third-order valence-corrected chi connectivity index (χ3v) is 5.17. The summed E-state index contributed by atoms with van der Waals surface area (Å²) in [5.74, 6) is 0. The van der Waals surface area contributed by atoms with Gasteiger partial charge in [-0.15, -0.1) is 0 Å². The van der Waals surface area contributed by atoms with E-state index in [-0.39, 0.29) is 17.2 Å². The lowest BCUT2D eigenvalue weighted by Gasteiger charge is -2.26. The Hall–Kier alpha value is -1.31. The topological polar surface area (TPSA) is 86.9 Å². The Labute approximate surface area is 127 Å². The average molecular weight is 315 g/mol. The minimum atomic E-state index is -3.58. The van der Waals surface area contributed by atoms with E-state index in [0.717, 1.165) is 23.7 Å². The first kappa shape index (κ1) is 17.7. The molecular formula is C14H25N3O3S. The van der Waals surface area contributed by atoms with E-state index in [4.69, 9.17) is 5.73 Å². The number of hydrogen-bond acceptors (Lipinski definition) is 5. The molecule has 0 bridgehead atoms. The summed E-state index contributed by atoms with van der Waals surface area (Å²) in [6.07, 6.45) is 1.96. The Morgan fingerprint density at radius 2 is 1.90 bits per heavy atom. The van der Waals surface area contributed by atoms with Gasteiger partial charge in [0.05, 0.1) is 18.0 Å². The Kier molecular flexibility index (Phi) is 6.44. The van der Waals surface area contributed by atoms with Gasteiger partial charge in [-0.05, 0) is 18.6 Å². The number of benzene rings is 1. The van der Waals surface area contributed by atoms with Crippen LogP contribution in [0.5, 0.6) is 0 Å². The summed E-state index contributed by atoms with van der Waals surface area (Å²) in [6.45, 7) is 3.23. The molecule has 21 heavy (non-hydrogen) atoms. The molecule has 0 unspecified atom stereocenters. The van der Waals surface area contributed by atoms with Gasteiger partial charge in [0.2, 0.25) is 10.0 Å². The lowest BCUT2D eigenvalue weighted by atomic mass is 10.2. The second kappa shape index (κ2) is 7.63. The predicted molar refractivity (Wildman–Crippen MR) is 85.9 cm³/mol. The number of anilines is 2. The molecule has 0 spiro atoms. The van der Waals surface area contributed by atoms with Crippen LogP contribution in [0.1, 0.15) is 19.8 Å². The van der Waals surface area contributed by atoms with E-state index in [1.165, 1.54) is 20.2 Å². The van der Waals surface area contributed by atoms with Crippen molar-refractivity contribution in [1.82, 2.24) is 4.31 Å². The summed E-state index contributed by atoms with van der Waals surface area (Å²) >= 11 is 0. The van der Waals surface area contributed by atoms with Gasteiger partial charge in [-0.1, -0.05) is 19.4 Å². The molecule has 0 amide bonds. The molecule has 0 atom stereocenters. The van der Waals surface area contributed by atoms with E-state index >= 15 is 0 Å². The van der Waals surface area contributed by atoms with Gasteiger partial charge in [-0.25, -0.2) is 12.7 Å². The van der Waals surface area contributed by atoms with Crippen LogP contribution in [0.25, 0.3) is 0 Å². The van der Waals surface area contributed by atoms with Crippen LogP contribution < -0.4 is 10.6 Å². The van der Waals surface area contributed by atoms with Gasteiger partial charge in [0, 0.05) is 27.2 Å². The Bertz CT molecular complexity index is 559. The molecule has 0 aromatic heterocycles. The number of unbranched alkanes of at least 4 members (excludes halogenated alkanes) is 1. The molecule has 6 nitrogen and oxygen atoms in total. The molecule has 1 rings (SSSR count). The van der Waals surface area contributed by atoms with E-state index in [9.17, 15) is 13.5 Å². The minimum Gasteiger partial charge on any atom is -0.396 e. The van der Waals surface area contributed by atoms with Crippen molar-refractivity contribution in [2.24, 2.45) is 0 Å². The maximum absolute atomic E-state index is 12.3. The Morgan fingerprint density at radius 3 is 2.43 bits per heavy atom. The number of nitrogen functional groups attached to an aromatic ring is 1. The zero-order chi connectivity index (χ0) is 16.0. The number of aliphatic hydroxyl groups is 1. The summed E-state index contributed by atoms with van der Waals surface area (Å²) < 4.78 is 25.7. The van der Waals surface area contributed by atoms with Crippen LogP contribution in [-0.4, -0.2) is 51.6 Å². The summed E-state index contributed by atoms with van der Waals surface area (Å²) in [5.41, 5.74) is 6.97. The van der Waals surface area contributed by atoms with Crippen LogP contribution in [0.4, 0.5) is 11.4 Å². The highest BCUT2D eigenvalue weighted by atomic mass is 32.2. The number of sulfonamides is 1. The lowest BCUT2D eigenvalue weighted by Crippen LogP contribution is -2.29. The summed E-state index contributed by atoms with van der Waals surface area (Å²) in [4.78, 5) is 2.03. The number of hydrogen-bond donors (Lipinski definition) is 2. The molecule has 0 heterocycles.